The van der Waals surface area contributed by atoms with Crippen LogP contribution in [0.3, 0.4) is 0 Å². The van der Waals surface area contributed by atoms with Crippen molar-refractivity contribution in [2.24, 2.45) is 0 Å². The van der Waals surface area contributed by atoms with Gasteiger partial charge in [0.05, 0.1) is 0 Å². The number of fused-ring (bicyclic) bond motifs is 1. The summed E-state index contributed by atoms with van der Waals surface area (Å²) < 4.78 is 42.0. The SMILES string of the molecule is Cc1cc2c(c(=O)o1)C(/C=C/c1ccc(Br)cc1)=[O+][B-](F)(F)O2. The summed E-state index contributed by atoms with van der Waals surface area (Å²) in [5.74, 6) is -0.350. The van der Waals surface area contributed by atoms with Gasteiger partial charge in [-0.1, -0.05) is 28.1 Å². The molecule has 0 bridgehead atoms. The molecule has 2 heterocycles. The van der Waals surface area contributed by atoms with Crippen LogP contribution >= 0.6 is 15.9 Å². The first kappa shape index (κ1) is 15.7. The minimum absolute atomic E-state index is 0.156. The molecular formula is C15H10BBrF2O4. The number of allylic oxidation sites excluding steroid dienone is 1. The van der Waals surface area contributed by atoms with Gasteiger partial charge >= 0.3 is 12.7 Å². The van der Waals surface area contributed by atoms with Crippen molar-refractivity contribution < 1.29 is 22.0 Å². The van der Waals surface area contributed by atoms with Crippen molar-refractivity contribution in [3.63, 3.8) is 0 Å². The quantitative estimate of drug-likeness (QED) is 0.449. The first-order valence-corrected chi connectivity index (χ1v) is 7.47. The first-order chi connectivity index (χ1) is 10.8. The molecule has 1 aliphatic rings. The van der Waals surface area contributed by atoms with Crippen LogP contribution in [0.1, 0.15) is 21.2 Å². The van der Waals surface area contributed by atoms with Crippen LogP contribution in [0.15, 0.2) is 50.1 Å². The van der Waals surface area contributed by atoms with Crippen molar-refractivity contribution in [2.75, 3.05) is 0 Å². The molecule has 118 valence electrons. The van der Waals surface area contributed by atoms with Gasteiger partial charge in [0.15, 0.2) is 5.56 Å². The van der Waals surface area contributed by atoms with E-state index >= 15 is 0 Å². The average molecular weight is 383 g/mol. The van der Waals surface area contributed by atoms with Crippen molar-refractivity contribution in [1.82, 2.24) is 0 Å². The summed E-state index contributed by atoms with van der Waals surface area (Å²) in [7, 11) is -4.54. The van der Waals surface area contributed by atoms with Crippen LogP contribution in [0.25, 0.3) is 6.08 Å². The van der Waals surface area contributed by atoms with E-state index in [0.29, 0.717) is 0 Å². The van der Waals surface area contributed by atoms with Crippen molar-refractivity contribution in [3.8, 4) is 5.75 Å². The summed E-state index contributed by atoms with van der Waals surface area (Å²) in [6, 6.07) is 8.41. The minimum atomic E-state index is -4.54. The molecular weight excluding hydrogens is 373 g/mol. The fourth-order valence-electron chi connectivity index (χ4n) is 2.15. The lowest BCUT2D eigenvalue weighted by atomic mass is 10.0. The maximum atomic E-state index is 13.6. The number of hydrogen-bond acceptors (Lipinski definition) is 3. The minimum Gasteiger partial charge on any atom is -0.568 e. The molecule has 0 unspecified atom stereocenters. The predicted octanol–water partition coefficient (Wildman–Crippen LogP) is 3.91. The van der Waals surface area contributed by atoms with Gasteiger partial charge < -0.3 is 22.0 Å². The van der Waals surface area contributed by atoms with E-state index in [2.05, 4.69) is 24.9 Å². The van der Waals surface area contributed by atoms with Gasteiger partial charge in [0.2, 0.25) is 0 Å². The van der Waals surface area contributed by atoms with Gasteiger partial charge in [-0.15, -0.1) is 0 Å². The van der Waals surface area contributed by atoms with E-state index in [0.717, 1.165) is 10.0 Å². The fraction of sp³-hybridized carbons (Fsp3) is 0.0667. The molecule has 1 aromatic carbocycles. The van der Waals surface area contributed by atoms with Gasteiger partial charge in [0.1, 0.15) is 11.5 Å². The highest BCUT2D eigenvalue weighted by atomic mass is 79.9. The number of rotatable bonds is 2. The van der Waals surface area contributed by atoms with Crippen molar-refractivity contribution in [3.05, 3.63) is 68.2 Å². The zero-order valence-corrected chi connectivity index (χ0v) is 13.5. The summed E-state index contributed by atoms with van der Waals surface area (Å²) in [4.78, 5) is 11.9. The second kappa shape index (κ2) is 5.77. The average Bonchev–Trinajstić information content (AvgIpc) is 2.44. The van der Waals surface area contributed by atoms with Crippen molar-refractivity contribution in [1.29, 1.82) is 0 Å². The maximum absolute atomic E-state index is 13.6. The van der Waals surface area contributed by atoms with Gasteiger partial charge in [-0.3, -0.25) is 0 Å². The first-order valence-electron chi connectivity index (χ1n) is 6.68. The lowest BCUT2D eigenvalue weighted by Gasteiger charge is -2.19. The smallest absolute Gasteiger partial charge is 0.568 e. The maximum Gasteiger partial charge on any atom is 0.995 e. The van der Waals surface area contributed by atoms with E-state index in [1.54, 1.807) is 30.3 Å². The third-order valence-electron chi connectivity index (χ3n) is 3.11. The Morgan fingerprint density at radius 3 is 2.61 bits per heavy atom. The zero-order chi connectivity index (χ0) is 16.6. The summed E-state index contributed by atoms with van der Waals surface area (Å²) in [5.41, 5.74) is -0.192. The van der Waals surface area contributed by atoms with E-state index in [-0.39, 0.29) is 22.9 Å². The summed E-state index contributed by atoms with van der Waals surface area (Å²) in [6.45, 7) is 1.48. The molecule has 23 heavy (non-hydrogen) atoms. The Bertz CT molecular complexity index is 872. The molecule has 1 aliphatic heterocycles. The molecule has 0 radical (unpaired) electrons. The number of benzene rings is 1. The number of hydrogen-bond donors (Lipinski definition) is 0. The molecule has 0 spiro atoms. The molecule has 3 rings (SSSR count). The summed E-state index contributed by atoms with van der Waals surface area (Å²) in [5, 5.41) is 0. The lowest BCUT2D eigenvalue weighted by molar-refractivity contribution is -0.180. The molecule has 0 atom stereocenters. The standard InChI is InChI=1S/C15H10BBrF2O4/c1-9-8-13-14(15(20)21-9)12(22-16(18,19)23-13)7-4-10-2-5-11(17)6-3-10/h2-8H,1H3/b7-4+. The second-order valence-corrected chi connectivity index (χ2v) is 5.82. The lowest BCUT2D eigenvalue weighted by Crippen LogP contribution is -2.38. The van der Waals surface area contributed by atoms with E-state index in [4.69, 9.17) is 4.42 Å². The molecule has 8 heteroatoms. The second-order valence-electron chi connectivity index (χ2n) is 4.90. The molecule has 0 saturated carbocycles. The van der Waals surface area contributed by atoms with Crippen LogP contribution in [-0.4, -0.2) is 12.9 Å². The molecule has 4 nitrogen and oxygen atoms in total. The van der Waals surface area contributed by atoms with Crippen LogP contribution in [0.2, 0.25) is 0 Å². The van der Waals surface area contributed by atoms with Gasteiger partial charge in [0.25, 0.3) is 5.78 Å². The van der Waals surface area contributed by atoms with Gasteiger partial charge in [0, 0.05) is 16.6 Å². The summed E-state index contributed by atoms with van der Waals surface area (Å²) >= 11 is 3.30. The third-order valence-corrected chi connectivity index (χ3v) is 3.64. The van der Waals surface area contributed by atoms with E-state index in [9.17, 15) is 13.4 Å². The van der Waals surface area contributed by atoms with Crippen LogP contribution in [-0.2, 0) is 0 Å². The van der Waals surface area contributed by atoms with Gasteiger partial charge in [-0.05, 0) is 30.7 Å². The topological polar surface area (TPSA) is 50.7 Å². The van der Waals surface area contributed by atoms with E-state index < -0.39 is 12.7 Å². The largest absolute Gasteiger partial charge is 0.995 e. The Kier molecular flexibility index (Phi) is 3.93. The normalized spacial score (nSPS) is 15.9. The van der Waals surface area contributed by atoms with Crippen LogP contribution in [0, 0.1) is 6.92 Å². The van der Waals surface area contributed by atoms with Gasteiger partial charge in [-0.25, -0.2) is 4.79 Å². The highest BCUT2D eigenvalue weighted by Crippen LogP contribution is 2.28. The Morgan fingerprint density at radius 2 is 1.91 bits per heavy atom. The number of carbonyl (C=O) groups excluding carboxylic acids is 1. The predicted molar refractivity (Wildman–Crippen MR) is 85.8 cm³/mol. The van der Waals surface area contributed by atoms with Crippen molar-refractivity contribution >= 4 is 34.9 Å². The highest BCUT2D eigenvalue weighted by Gasteiger charge is 2.54. The molecule has 0 amide bonds. The Morgan fingerprint density at radius 1 is 1.22 bits per heavy atom. The van der Waals surface area contributed by atoms with Crippen LogP contribution < -0.4 is 10.3 Å². The van der Waals surface area contributed by atoms with Crippen LogP contribution in [0.4, 0.5) is 8.63 Å². The van der Waals surface area contributed by atoms with Crippen molar-refractivity contribution in [2.45, 2.75) is 6.92 Å². The third kappa shape index (κ3) is 3.42. The number of aryl methyl sites for hydroxylation is 1. The molecule has 0 aliphatic carbocycles. The Balaban J connectivity index is 2.06. The van der Waals surface area contributed by atoms with E-state index in [1.807, 2.05) is 0 Å². The zero-order valence-electron chi connectivity index (χ0n) is 11.9. The Labute approximate surface area is 138 Å². The monoisotopic (exact) mass is 382 g/mol. The number of halogens is 3. The molecule has 0 saturated heterocycles. The Hall–Kier alpha value is -2.22. The highest BCUT2D eigenvalue weighted by molar-refractivity contribution is 9.10. The number of ketones is 1. The molecule has 2 aromatic rings. The fourth-order valence-corrected chi connectivity index (χ4v) is 2.41. The van der Waals surface area contributed by atoms with E-state index in [1.165, 1.54) is 19.1 Å². The van der Waals surface area contributed by atoms with Crippen LogP contribution in [0.5, 0.6) is 5.75 Å². The summed E-state index contributed by atoms with van der Waals surface area (Å²) in [6.07, 6.45) is 2.86. The van der Waals surface area contributed by atoms with Gasteiger partial charge in [-0.2, -0.15) is 0 Å². The molecule has 1 aromatic heterocycles. The molecule has 0 N–H and O–H groups in total. The molecule has 0 fully saturated rings.